The Kier molecular flexibility index (Phi) is 4.93. The normalized spacial score (nSPS) is 18.4. The summed E-state index contributed by atoms with van der Waals surface area (Å²) in [5.74, 6) is -0.752. The van der Waals surface area contributed by atoms with Crippen molar-refractivity contribution >= 4 is 18.4 Å². The summed E-state index contributed by atoms with van der Waals surface area (Å²) in [6, 6.07) is 9.35. The molecule has 1 aliphatic rings. The number of nitrogens with zero attached hydrogens (tertiary/aromatic N) is 4. The number of aliphatic carboxylic acids is 1. The number of carbonyl (C=O) groups is 1. The van der Waals surface area contributed by atoms with Gasteiger partial charge in [-0.15, -0.1) is 17.5 Å². The predicted molar refractivity (Wildman–Crippen MR) is 79.7 cm³/mol. The first-order valence-electron chi connectivity index (χ1n) is 6.67. The summed E-state index contributed by atoms with van der Waals surface area (Å²) in [6.07, 6.45) is 3.48. The van der Waals surface area contributed by atoms with Crippen LogP contribution in [0.5, 0.6) is 0 Å². The van der Waals surface area contributed by atoms with Crippen LogP contribution in [-0.2, 0) is 11.3 Å². The van der Waals surface area contributed by atoms with E-state index in [0.717, 1.165) is 24.3 Å². The molecule has 0 radical (unpaired) electrons. The van der Waals surface area contributed by atoms with Gasteiger partial charge in [-0.2, -0.15) is 0 Å². The molecule has 1 aliphatic heterocycles. The lowest BCUT2D eigenvalue weighted by Crippen LogP contribution is -2.35. The van der Waals surface area contributed by atoms with Gasteiger partial charge in [-0.25, -0.2) is 4.68 Å². The summed E-state index contributed by atoms with van der Waals surface area (Å²) in [7, 11) is 0. The molecule has 0 unspecified atom stereocenters. The van der Waals surface area contributed by atoms with Crippen LogP contribution in [0.3, 0.4) is 0 Å². The zero-order valence-corrected chi connectivity index (χ0v) is 12.2. The fourth-order valence-electron chi connectivity index (χ4n) is 2.58. The molecule has 0 bridgehead atoms. The van der Waals surface area contributed by atoms with Crippen molar-refractivity contribution in [3.8, 4) is 5.69 Å². The maximum absolute atomic E-state index is 11.1. The number of likely N-dealkylation sites (tertiary alicyclic amines) is 1. The van der Waals surface area contributed by atoms with Gasteiger partial charge in [0.05, 0.1) is 17.6 Å². The van der Waals surface area contributed by atoms with Crippen molar-refractivity contribution in [2.75, 3.05) is 6.54 Å². The molecule has 1 aromatic carbocycles. The molecule has 3 rings (SSSR count). The third kappa shape index (κ3) is 3.40. The zero-order chi connectivity index (χ0) is 13.9. The number of carboxylic acids is 1. The van der Waals surface area contributed by atoms with Gasteiger partial charge in [-0.3, -0.25) is 9.69 Å². The number of hydrogen-bond donors (Lipinski definition) is 1. The average Bonchev–Trinajstić information content (AvgIpc) is 3.09. The van der Waals surface area contributed by atoms with E-state index >= 15 is 0 Å². The van der Waals surface area contributed by atoms with Crippen LogP contribution >= 0.6 is 12.4 Å². The number of hydrogen-bond acceptors (Lipinski definition) is 4. The van der Waals surface area contributed by atoms with Crippen molar-refractivity contribution in [1.82, 2.24) is 19.9 Å². The van der Waals surface area contributed by atoms with Crippen molar-refractivity contribution < 1.29 is 9.90 Å². The molecule has 0 saturated carbocycles. The number of benzene rings is 1. The van der Waals surface area contributed by atoms with Gasteiger partial charge in [0.2, 0.25) is 0 Å². The van der Waals surface area contributed by atoms with Gasteiger partial charge in [-0.1, -0.05) is 23.4 Å². The minimum Gasteiger partial charge on any atom is -0.480 e. The van der Waals surface area contributed by atoms with Gasteiger partial charge in [-0.05, 0) is 31.5 Å². The zero-order valence-electron chi connectivity index (χ0n) is 11.4. The van der Waals surface area contributed by atoms with Gasteiger partial charge in [0.25, 0.3) is 0 Å². The highest BCUT2D eigenvalue weighted by Crippen LogP contribution is 2.19. The van der Waals surface area contributed by atoms with Crippen molar-refractivity contribution in [2.45, 2.75) is 25.4 Å². The number of carboxylic acid groups (broad SMARTS) is 1. The molecule has 0 aliphatic carbocycles. The van der Waals surface area contributed by atoms with Crippen LogP contribution in [0.25, 0.3) is 5.69 Å². The number of halogens is 1. The second-order valence-electron chi connectivity index (χ2n) is 4.96. The molecule has 1 saturated heterocycles. The van der Waals surface area contributed by atoms with Crippen molar-refractivity contribution in [1.29, 1.82) is 0 Å². The maximum atomic E-state index is 11.1. The summed E-state index contributed by atoms with van der Waals surface area (Å²) >= 11 is 0. The molecular formula is C14H17ClN4O2. The minimum atomic E-state index is -0.752. The van der Waals surface area contributed by atoms with Crippen LogP contribution in [-0.4, -0.2) is 43.6 Å². The number of para-hydroxylation sites is 1. The lowest BCUT2D eigenvalue weighted by molar-refractivity contribution is -0.142. The van der Waals surface area contributed by atoms with Crippen molar-refractivity contribution in [3.05, 3.63) is 42.2 Å². The molecule has 7 heteroatoms. The molecule has 0 amide bonds. The molecule has 2 aromatic rings. The SMILES string of the molecule is Cl.O=C(O)[C@@H]1CCCN1Cc1cn(-c2ccccc2)nn1. The summed E-state index contributed by atoms with van der Waals surface area (Å²) in [4.78, 5) is 13.1. The Morgan fingerprint density at radius 1 is 1.33 bits per heavy atom. The third-order valence-electron chi connectivity index (χ3n) is 3.58. The largest absolute Gasteiger partial charge is 0.480 e. The van der Waals surface area contributed by atoms with Gasteiger partial charge < -0.3 is 5.11 Å². The van der Waals surface area contributed by atoms with Crippen LogP contribution in [0.1, 0.15) is 18.5 Å². The van der Waals surface area contributed by atoms with E-state index in [0.29, 0.717) is 13.0 Å². The third-order valence-corrected chi connectivity index (χ3v) is 3.58. The Bertz CT molecular complexity index is 602. The highest BCUT2D eigenvalue weighted by Gasteiger charge is 2.30. The molecule has 1 N–H and O–H groups in total. The summed E-state index contributed by atoms with van der Waals surface area (Å²) in [5.41, 5.74) is 1.74. The molecule has 0 spiro atoms. The first kappa shape index (κ1) is 15.5. The van der Waals surface area contributed by atoms with Crippen LogP contribution < -0.4 is 0 Å². The Hall–Kier alpha value is -1.92. The lowest BCUT2D eigenvalue weighted by atomic mass is 10.2. The molecule has 1 aromatic heterocycles. The Labute approximate surface area is 128 Å². The van der Waals surface area contributed by atoms with E-state index in [1.807, 2.05) is 41.4 Å². The van der Waals surface area contributed by atoms with Gasteiger partial charge in [0.15, 0.2) is 0 Å². The lowest BCUT2D eigenvalue weighted by Gasteiger charge is -2.19. The summed E-state index contributed by atoms with van der Waals surface area (Å²) in [5, 5.41) is 17.4. The topological polar surface area (TPSA) is 71.2 Å². The van der Waals surface area contributed by atoms with Crippen LogP contribution in [0.2, 0.25) is 0 Å². The quantitative estimate of drug-likeness (QED) is 0.931. The van der Waals surface area contributed by atoms with E-state index in [-0.39, 0.29) is 12.4 Å². The Morgan fingerprint density at radius 3 is 2.81 bits per heavy atom. The first-order chi connectivity index (χ1) is 9.74. The number of rotatable bonds is 4. The van der Waals surface area contributed by atoms with E-state index in [9.17, 15) is 4.79 Å². The second kappa shape index (κ2) is 6.69. The smallest absolute Gasteiger partial charge is 0.320 e. The van der Waals surface area contributed by atoms with Crippen LogP contribution in [0.15, 0.2) is 36.5 Å². The maximum Gasteiger partial charge on any atom is 0.320 e. The highest BCUT2D eigenvalue weighted by atomic mass is 35.5. The summed E-state index contributed by atoms with van der Waals surface area (Å²) < 4.78 is 1.71. The van der Waals surface area contributed by atoms with E-state index in [4.69, 9.17) is 5.11 Å². The average molecular weight is 309 g/mol. The predicted octanol–water partition coefficient (Wildman–Crippen LogP) is 1.74. The molecular weight excluding hydrogens is 292 g/mol. The fraction of sp³-hybridized carbons (Fsp3) is 0.357. The highest BCUT2D eigenvalue weighted by molar-refractivity contribution is 5.85. The number of aromatic nitrogens is 3. The van der Waals surface area contributed by atoms with E-state index < -0.39 is 12.0 Å². The van der Waals surface area contributed by atoms with Gasteiger partial charge in [0.1, 0.15) is 6.04 Å². The molecule has 1 fully saturated rings. The van der Waals surface area contributed by atoms with Crippen LogP contribution in [0, 0.1) is 0 Å². The second-order valence-corrected chi connectivity index (χ2v) is 4.96. The Balaban J connectivity index is 0.00000161. The molecule has 6 nitrogen and oxygen atoms in total. The first-order valence-corrected chi connectivity index (χ1v) is 6.67. The molecule has 112 valence electrons. The van der Waals surface area contributed by atoms with Crippen molar-refractivity contribution in [3.63, 3.8) is 0 Å². The van der Waals surface area contributed by atoms with E-state index in [2.05, 4.69) is 10.3 Å². The standard InChI is InChI=1S/C14H16N4O2.ClH/c19-14(20)13-7-4-8-17(13)9-11-10-18(16-15-11)12-5-2-1-3-6-12;/h1-3,5-6,10,13H,4,7-9H2,(H,19,20);1H/t13-;/m0./s1. The van der Waals surface area contributed by atoms with E-state index in [1.165, 1.54) is 0 Å². The van der Waals surface area contributed by atoms with Gasteiger partial charge >= 0.3 is 5.97 Å². The molecule has 2 heterocycles. The summed E-state index contributed by atoms with van der Waals surface area (Å²) in [6.45, 7) is 1.33. The molecule has 1 atom stereocenters. The Morgan fingerprint density at radius 2 is 2.10 bits per heavy atom. The minimum absolute atomic E-state index is 0. The molecule has 21 heavy (non-hydrogen) atoms. The van der Waals surface area contributed by atoms with Crippen LogP contribution in [0.4, 0.5) is 0 Å². The van der Waals surface area contributed by atoms with Crippen molar-refractivity contribution in [2.24, 2.45) is 0 Å². The fourth-order valence-corrected chi connectivity index (χ4v) is 2.58. The van der Waals surface area contributed by atoms with E-state index in [1.54, 1.807) is 4.68 Å². The monoisotopic (exact) mass is 308 g/mol. The van der Waals surface area contributed by atoms with Gasteiger partial charge in [0, 0.05) is 6.54 Å².